The van der Waals surface area contributed by atoms with Crippen LogP contribution in [0.3, 0.4) is 0 Å². The normalized spacial score (nSPS) is 9.50. The first-order valence-corrected chi connectivity index (χ1v) is 2.73. The second-order valence-corrected chi connectivity index (χ2v) is 1.57. The molecule has 0 amide bonds. The molecule has 0 rings (SSSR count). The summed E-state index contributed by atoms with van der Waals surface area (Å²) in [6, 6.07) is 0. The van der Waals surface area contributed by atoms with Crippen LogP contribution >= 0.6 is 0 Å². The monoisotopic (exact) mass is 145 g/mol. The molecule has 8 heavy (non-hydrogen) atoms. The van der Waals surface area contributed by atoms with Gasteiger partial charge in [-0.1, -0.05) is 0 Å². The highest BCUT2D eigenvalue weighted by Crippen LogP contribution is 1.70. The predicted molar refractivity (Wildman–Crippen MR) is 25.0 cm³/mol. The smallest absolute Gasteiger partial charge is 0.400 e. The molecule has 0 aliphatic carbocycles. The molecule has 0 atom stereocenters. The van der Waals surface area contributed by atoms with Gasteiger partial charge in [-0.2, -0.15) is 18.6 Å². The van der Waals surface area contributed by atoms with Crippen LogP contribution in [0.4, 0.5) is 0 Å². The molecule has 0 aromatic heterocycles. The van der Waals surface area contributed by atoms with Crippen LogP contribution in [0.1, 0.15) is 0 Å². The highest BCUT2D eigenvalue weighted by Gasteiger charge is 1.95. The summed E-state index contributed by atoms with van der Waals surface area (Å²) in [5.41, 5.74) is 0. The van der Waals surface area contributed by atoms with Crippen molar-refractivity contribution in [3.05, 3.63) is 0 Å². The minimum atomic E-state index is -4.38. The Morgan fingerprint density at radius 2 is 1.62 bits per heavy atom. The van der Waals surface area contributed by atoms with E-state index >= 15 is 0 Å². The zero-order valence-electron chi connectivity index (χ0n) is 4.10. The van der Waals surface area contributed by atoms with E-state index in [1.807, 2.05) is 0 Å². The third-order valence-electron chi connectivity index (χ3n) is 0.122. The number of rotatable bonds is 1. The molecule has 6 nitrogen and oxygen atoms in total. The summed E-state index contributed by atoms with van der Waals surface area (Å²) in [5.74, 6) is 3.97. The van der Waals surface area contributed by atoms with Crippen molar-refractivity contribution in [1.29, 1.82) is 0 Å². The van der Waals surface area contributed by atoms with Crippen LogP contribution in [0.5, 0.6) is 0 Å². The summed E-state index contributed by atoms with van der Waals surface area (Å²) in [4.78, 5) is 0. The number of aliphatic hydroxyl groups excluding tert-OH is 1. The number of hydrogen-bond donors (Lipinski definition) is 3. The molecule has 0 aliphatic rings. The number of aliphatic hydroxyl groups is 1. The molecule has 0 aromatic carbocycles. The Hall–Kier alpha value is -0.210. The molecule has 52 valence electrons. The van der Waals surface area contributed by atoms with Gasteiger partial charge in [0.1, 0.15) is 0 Å². The SMILES string of the molecule is CO.NOS(=O)(=O)O. The van der Waals surface area contributed by atoms with Crippen molar-refractivity contribution < 1.29 is 22.4 Å². The van der Waals surface area contributed by atoms with Gasteiger partial charge in [-0.15, -0.1) is 0 Å². The molecule has 0 saturated heterocycles. The van der Waals surface area contributed by atoms with E-state index in [9.17, 15) is 8.42 Å². The summed E-state index contributed by atoms with van der Waals surface area (Å²) < 4.78 is 28.8. The van der Waals surface area contributed by atoms with Crippen LogP contribution < -0.4 is 5.90 Å². The van der Waals surface area contributed by atoms with Gasteiger partial charge in [-0.05, 0) is 0 Å². The van der Waals surface area contributed by atoms with E-state index in [0.29, 0.717) is 0 Å². The summed E-state index contributed by atoms with van der Waals surface area (Å²) >= 11 is 0. The molecule has 0 radical (unpaired) electrons. The molecule has 0 saturated carbocycles. The zero-order valence-corrected chi connectivity index (χ0v) is 4.92. The lowest BCUT2D eigenvalue weighted by Crippen LogP contribution is -2.08. The van der Waals surface area contributed by atoms with Crippen molar-refractivity contribution in [3.8, 4) is 0 Å². The molecular weight excluding hydrogens is 138 g/mol. The lowest BCUT2D eigenvalue weighted by Gasteiger charge is -1.81. The van der Waals surface area contributed by atoms with Crippen molar-refractivity contribution >= 4 is 10.4 Å². The minimum absolute atomic E-state index is 1.00. The van der Waals surface area contributed by atoms with Gasteiger partial charge in [-0.3, -0.25) is 4.55 Å². The fourth-order valence-corrected chi connectivity index (χ4v) is 0. The van der Waals surface area contributed by atoms with Gasteiger partial charge in [0.05, 0.1) is 0 Å². The average molecular weight is 145 g/mol. The first-order chi connectivity index (χ1) is 3.56. The van der Waals surface area contributed by atoms with E-state index in [2.05, 4.69) is 10.2 Å². The average Bonchev–Trinajstić information content (AvgIpc) is 1.71. The van der Waals surface area contributed by atoms with E-state index in [1.165, 1.54) is 0 Å². The van der Waals surface area contributed by atoms with Gasteiger partial charge >= 0.3 is 10.4 Å². The highest BCUT2D eigenvalue weighted by molar-refractivity contribution is 7.80. The van der Waals surface area contributed by atoms with E-state index in [4.69, 9.17) is 9.66 Å². The van der Waals surface area contributed by atoms with Crippen LogP contribution in [0.2, 0.25) is 0 Å². The van der Waals surface area contributed by atoms with E-state index in [1.54, 1.807) is 0 Å². The number of hydrogen-bond acceptors (Lipinski definition) is 5. The second kappa shape index (κ2) is 4.94. The van der Waals surface area contributed by atoms with Crippen molar-refractivity contribution in [1.82, 2.24) is 0 Å². The Bertz CT molecular complexity index is 114. The predicted octanol–water partition coefficient (Wildman–Crippen LogP) is -1.71. The molecule has 0 heterocycles. The maximum Gasteiger partial charge on any atom is 0.413 e. The van der Waals surface area contributed by atoms with Gasteiger partial charge < -0.3 is 5.11 Å². The molecule has 4 N–H and O–H groups in total. The van der Waals surface area contributed by atoms with E-state index in [-0.39, 0.29) is 0 Å². The van der Waals surface area contributed by atoms with Crippen molar-refractivity contribution in [2.75, 3.05) is 7.11 Å². The lowest BCUT2D eigenvalue weighted by atomic mass is 11.8. The van der Waals surface area contributed by atoms with Gasteiger partial charge in [0.25, 0.3) is 0 Å². The minimum Gasteiger partial charge on any atom is -0.400 e. The molecular formula is CH7NO5S. The Labute approximate surface area is 46.8 Å². The molecule has 0 aliphatic heterocycles. The van der Waals surface area contributed by atoms with Gasteiger partial charge in [0.15, 0.2) is 0 Å². The maximum atomic E-state index is 9.21. The molecule has 0 fully saturated rings. The van der Waals surface area contributed by atoms with Crippen LogP contribution in [-0.4, -0.2) is 25.2 Å². The molecule has 0 unspecified atom stereocenters. The Morgan fingerprint density at radius 3 is 1.62 bits per heavy atom. The maximum absolute atomic E-state index is 9.21. The largest absolute Gasteiger partial charge is 0.413 e. The van der Waals surface area contributed by atoms with Crippen LogP contribution in [0.25, 0.3) is 0 Å². The van der Waals surface area contributed by atoms with Crippen molar-refractivity contribution in [2.24, 2.45) is 5.90 Å². The molecule has 0 aromatic rings. The van der Waals surface area contributed by atoms with Gasteiger partial charge in [-0.25, -0.2) is 0 Å². The van der Waals surface area contributed by atoms with Gasteiger partial charge in [0, 0.05) is 7.11 Å². The molecule has 0 bridgehead atoms. The van der Waals surface area contributed by atoms with Crippen molar-refractivity contribution in [2.45, 2.75) is 0 Å². The quantitative estimate of drug-likeness (QED) is 0.299. The highest BCUT2D eigenvalue weighted by atomic mass is 32.3. The lowest BCUT2D eigenvalue weighted by molar-refractivity contribution is 0.277. The van der Waals surface area contributed by atoms with E-state index in [0.717, 1.165) is 7.11 Å². The third-order valence-corrected chi connectivity index (χ3v) is 0.365. The van der Waals surface area contributed by atoms with Crippen LogP contribution in [0, 0.1) is 0 Å². The molecule has 0 spiro atoms. The summed E-state index contributed by atoms with van der Waals surface area (Å²) in [6.07, 6.45) is 0. The first-order valence-electron chi connectivity index (χ1n) is 1.37. The molecule has 7 heteroatoms. The summed E-state index contributed by atoms with van der Waals surface area (Å²) in [5, 5.41) is 7.00. The van der Waals surface area contributed by atoms with Gasteiger partial charge in [0.2, 0.25) is 0 Å². The standard InChI is InChI=1S/CH4O.H3NO4S/c1-2;1-5-6(2,3)4/h2H,1H3;1H2,(H,2,3,4). The third kappa shape index (κ3) is 17.1. The van der Waals surface area contributed by atoms with E-state index < -0.39 is 10.4 Å². The second-order valence-electron chi connectivity index (χ2n) is 0.524. The topological polar surface area (TPSA) is 110 Å². The summed E-state index contributed by atoms with van der Waals surface area (Å²) in [7, 11) is -3.38. The first kappa shape index (κ1) is 10.7. The summed E-state index contributed by atoms with van der Waals surface area (Å²) in [6.45, 7) is 0. The van der Waals surface area contributed by atoms with Crippen molar-refractivity contribution in [3.63, 3.8) is 0 Å². The van der Waals surface area contributed by atoms with Crippen LogP contribution in [0.15, 0.2) is 0 Å². The Morgan fingerprint density at radius 1 is 1.50 bits per heavy atom. The number of nitrogens with two attached hydrogens (primary N) is 1. The Kier molecular flexibility index (Phi) is 6.61. The van der Waals surface area contributed by atoms with Crippen LogP contribution in [-0.2, 0) is 14.7 Å². The zero-order chi connectivity index (χ0) is 7.21. The fourth-order valence-electron chi connectivity index (χ4n) is 0. The Balaban J connectivity index is 0. The fraction of sp³-hybridized carbons (Fsp3) is 1.00.